The average molecular weight is 687 g/mol. The number of allylic oxidation sites excluding steroid dienone is 7. The molecule has 1 aliphatic rings. The van der Waals surface area contributed by atoms with Gasteiger partial charge in [0.2, 0.25) is 0 Å². The van der Waals surface area contributed by atoms with E-state index in [2.05, 4.69) is 165 Å². The number of hydrogen-bond donors (Lipinski definition) is 0. The van der Waals surface area contributed by atoms with Gasteiger partial charge in [-0.1, -0.05) is 184 Å². The lowest BCUT2D eigenvalue weighted by atomic mass is 9.98. The van der Waals surface area contributed by atoms with E-state index < -0.39 is 0 Å². The van der Waals surface area contributed by atoms with Gasteiger partial charge in [-0.25, -0.2) is 0 Å². The summed E-state index contributed by atoms with van der Waals surface area (Å²) in [5.74, 6) is 0. The third-order valence-electron chi connectivity index (χ3n) is 8.13. The largest absolute Gasteiger partial charge is 0.100 e. The van der Waals surface area contributed by atoms with Crippen LogP contribution >= 0.6 is 0 Å². The molecule has 0 N–H and O–H groups in total. The highest BCUT2D eigenvalue weighted by Crippen LogP contribution is 2.28. The molecule has 1 aliphatic carbocycles. The summed E-state index contributed by atoms with van der Waals surface area (Å²) in [5, 5.41) is 0. The molecule has 0 saturated heterocycles. The Labute approximate surface area is 316 Å². The molecule has 0 heteroatoms. The van der Waals surface area contributed by atoms with Crippen molar-refractivity contribution in [2.45, 2.75) is 188 Å². The molecule has 0 nitrogen and oxygen atoms in total. The van der Waals surface area contributed by atoms with Gasteiger partial charge >= 0.3 is 0 Å². The molecular weight excluding hydrogens is 601 g/mol. The molecule has 0 spiro atoms. The third-order valence-corrected chi connectivity index (χ3v) is 8.13. The number of unbranched alkanes of at least 4 members (excludes halogenated alkanes) is 5. The van der Waals surface area contributed by atoms with Crippen molar-refractivity contribution in [1.29, 1.82) is 0 Å². The van der Waals surface area contributed by atoms with Crippen LogP contribution in [0.2, 0.25) is 0 Å². The van der Waals surface area contributed by atoms with Crippen LogP contribution < -0.4 is 0 Å². The average Bonchev–Trinajstić information content (AvgIpc) is 3.44. The predicted octanol–water partition coefficient (Wildman–Crippen LogP) is 17.7. The van der Waals surface area contributed by atoms with Gasteiger partial charge in [0.15, 0.2) is 0 Å². The summed E-state index contributed by atoms with van der Waals surface area (Å²) >= 11 is 0. The summed E-state index contributed by atoms with van der Waals surface area (Å²) < 4.78 is 0. The fourth-order valence-electron chi connectivity index (χ4n) is 4.52. The number of aryl methyl sites for hydroxylation is 4. The standard InChI is InChI=1S/C14H20.C10H14.C8H10.C7H14.C5H12.C4H10.C2H6/c1-5-6-7-13-8-9-14(11(2)3)10-12(13)4;1-7(2)10-6-8(3)5-9(10)4;1-7-5-3-4-6-8(7)2;1-4-5-6-7(2)3;1-3-5-4-2;1-3-4-2;1-2/h8-10H,2,5-7H2,1,3-4H3;5H,1,6H2,2-4H3;3-6H,1-2H3;2,4-6H2,1,3H3;3-5H2,1-2H3;3-4H2,1-2H3;1-2H3. The molecule has 0 radical (unpaired) electrons. The summed E-state index contributed by atoms with van der Waals surface area (Å²) in [7, 11) is 0. The van der Waals surface area contributed by atoms with E-state index in [0.29, 0.717) is 0 Å². The maximum atomic E-state index is 3.96. The second-order valence-corrected chi connectivity index (χ2v) is 13.6. The molecule has 0 bridgehead atoms. The molecule has 0 unspecified atom stereocenters. The molecule has 0 aliphatic heterocycles. The molecule has 0 atom stereocenters. The van der Waals surface area contributed by atoms with E-state index >= 15 is 0 Å². The molecule has 0 amide bonds. The first-order valence-corrected chi connectivity index (χ1v) is 20.1. The zero-order valence-corrected chi connectivity index (χ0v) is 36.7. The highest BCUT2D eigenvalue weighted by Gasteiger charge is 2.09. The van der Waals surface area contributed by atoms with Crippen molar-refractivity contribution >= 4 is 5.57 Å². The third kappa shape index (κ3) is 32.4. The van der Waals surface area contributed by atoms with Crippen molar-refractivity contribution in [3.8, 4) is 0 Å². The van der Waals surface area contributed by atoms with Crippen LogP contribution in [0.1, 0.15) is 188 Å². The van der Waals surface area contributed by atoms with Crippen molar-refractivity contribution in [2.75, 3.05) is 0 Å². The van der Waals surface area contributed by atoms with E-state index in [0.717, 1.165) is 12.0 Å². The fraction of sp³-hybridized carbons (Fsp3) is 0.560. The van der Waals surface area contributed by atoms with Crippen molar-refractivity contribution in [1.82, 2.24) is 0 Å². The first-order valence-electron chi connectivity index (χ1n) is 20.1. The van der Waals surface area contributed by atoms with E-state index in [-0.39, 0.29) is 0 Å². The summed E-state index contributed by atoms with van der Waals surface area (Å²) in [6.07, 6.45) is 17.6. The summed E-state index contributed by atoms with van der Waals surface area (Å²) in [6.45, 7) is 45.9. The molecule has 0 aromatic heterocycles. The Balaban J connectivity index is -0.000000263. The first kappa shape index (κ1) is 53.9. The Hall–Kier alpha value is -2.86. The predicted molar refractivity (Wildman–Crippen MR) is 238 cm³/mol. The van der Waals surface area contributed by atoms with Gasteiger partial charge in [0.1, 0.15) is 0 Å². The second-order valence-electron chi connectivity index (χ2n) is 13.6. The lowest BCUT2D eigenvalue weighted by molar-refractivity contribution is 0.772. The molecule has 50 heavy (non-hydrogen) atoms. The van der Waals surface area contributed by atoms with Crippen LogP contribution in [0.4, 0.5) is 0 Å². The zero-order valence-electron chi connectivity index (χ0n) is 36.7. The van der Waals surface area contributed by atoms with Crippen molar-refractivity contribution in [3.63, 3.8) is 0 Å². The molecule has 2 aromatic carbocycles. The van der Waals surface area contributed by atoms with Gasteiger partial charge in [-0.3, -0.25) is 0 Å². The minimum Gasteiger partial charge on any atom is -0.100 e. The Bertz CT molecular complexity index is 1170. The number of hydrogen-bond acceptors (Lipinski definition) is 0. The van der Waals surface area contributed by atoms with Crippen LogP contribution in [0, 0.1) is 20.8 Å². The van der Waals surface area contributed by atoms with Crippen LogP contribution in [-0.4, -0.2) is 0 Å². The quantitative estimate of drug-likeness (QED) is 0.206. The fourth-order valence-corrected chi connectivity index (χ4v) is 4.52. The smallest absolute Gasteiger partial charge is 0.00616 e. The number of benzene rings is 2. The highest BCUT2D eigenvalue weighted by atomic mass is 14.1. The maximum absolute atomic E-state index is 3.96. The Morgan fingerprint density at radius 3 is 1.30 bits per heavy atom. The molecule has 0 fully saturated rings. The highest BCUT2D eigenvalue weighted by molar-refractivity contribution is 5.62. The topological polar surface area (TPSA) is 0 Å². The SMILES string of the molecule is C=C(C)C1=C(C)C=C(C)C1.C=C(C)CCCC.C=C(C)c1ccc(CCCC)c(C)c1.CC.CCCC.CCCCC.Cc1ccccc1C. The van der Waals surface area contributed by atoms with Gasteiger partial charge in [0, 0.05) is 0 Å². The van der Waals surface area contributed by atoms with Gasteiger partial charge in [0.25, 0.3) is 0 Å². The summed E-state index contributed by atoms with van der Waals surface area (Å²) in [4.78, 5) is 0. The molecule has 0 heterocycles. The Morgan fingerprint density at radius 1 is 0.580 bits per heavy atom. The van der Waals surface area contributed by atoms with E-state index in [9.17, 15) is 0 Å². The minimum atomic E-state index is 1.11. The Morgan fingerprint density at radius 2 is 1.06 bits per heavy atom. The van der Waals surface area contributed by atoms with E-state index in [4.69, 9.17) is 0 Å². The van der Waals surface area contributed by atoms with Gasteiger partial charge in [-0.05, 0) is 126 Å². The van der Waals surface area contributed by atoms with Gasteiger partial charge in [-0.2, -0.15) is 0 Å². The van der Waals surface area contributed by atoms with Crippen molar-refractivity contribution in [3.05, 3.63) is 124 Å². The first-order chi connectivity index (χ1) is 23.7. The van der Waals surface area contributed by atoms with E-state index in [1.807, 2.05) is 13.8 Å². The second kappa shape index (κ2) is 37.4. The van der Waals surface area contributed by atoms with Gasteiger partial charge in [0.05, 0.1) is 0 Å². The normalized spacial score (nSPS) is 10.7. The zero-order chi connectivity index (χ0) is 39.5. The van der Waals surface area contributed by atoms with E-state index in [1.165, 1.54) is 126 Å². The van der Waals surface area contributed by atoms with Gasteiger partial charge in [-0.15, -0.1) is 6.58 Å². The van der Waals surface area contributed by atoms with Crippen LogP contribution in [0.3, 0.4) is 0 Å². The lowest BCUT2D eigenvalue weighted by Gasteiger charge is -2.07. The Kier molecular flexibility index (Phi) is 40.3. The van der Waals surface area contributed by atoms with E-state index in [1.54, 1.807) is 0 Å². The maximum Gasteiger partial charge on any atom is -0.00616 e. The molecule has 0 saturated carbocycles. The monoisotopic (exact) mass is 687 g/mol. The molecule has 2 aromatic rings. The van der Waals surface area contributed by atoms with Crippen LogP contribution in [-0.2, 0) is 6.42 Å². The van der Waals surface area contributed by atoms with Gasteiger partial charge < -0.3 is 0 Å². The van der Waals surface area contributed by atoms with Crippen LogP contribution in [0.25, 0.3) is 5.57 Å². The molecule has 286 valence electrons. The van der Waals surface area contributed by atoms with Crippen molar-refractivity contribution < 1.29 is 0 Å². The molecular formula is C50H86. The lowest BCUT2D eigenvalue weighted by Crippen LogP contribution is -1.91. The molecule has 3 rings (SSSR count). The van der Waals surface area contributed by atoms with Crippen molar-refractivity contribution in [2.24, 2.45) is 0 Å². The van der Waals surface area contributed by atoms with Crippen LogP contribution in [0.5, 0.6) is 0 Å². The summed E-state index contributed by atoms with van der Waals surface area (Å²) in [5.41, 5.74) is 14.8. The summed E-state index contributed by atoms with van der Waals surface area (Å²) in [6, 6.07) is 15.0. The van der Waals surface area contributed by atoms with Crippen LogP contribution in [0.15, 0.2) is 96.1 Å². The number of rotatable bonds is 11. The minimum absolute atomic E-state index is 1.11.